The van der Waals surface area contributed by atoms with Crippen LogP contribution < -0.4 is 0 Å². The lowest BCUT2D eigenvalue weighted by atomic mass is 9.55. The highest BCUT2D eigenvalue weighted by molar-refractivity contribution is 5.90. The quantitative estimate of drug-likeness (QED) is 0.599. The summed E-state index contributed by atoms with van der Waals surface area (Å²) in [6.07, 6.45) is 3.32. The Bertz CT molecular complexity index is 519. The Kier molecular flexibility index (Phi) is 5.19. The first kappa shape index (κ1) is 18.4. The Labute approximate surface area is 138 Å². The minimum Gasteiger partial charge on any atom is -0.390 e. The molecule has 3 N–H and O–H groups in total. The van der Waals surface area contributed by atoms with Gasteiger partial charge in [0.25, 0.3) is 0 Å². The second kappa shape index (κ2) is 6.50. The molecule has 4 heteroatoms. The van der Waals surface area contributed by atoms with Gasteiger partial charge < -0.3 is 15.3 Å². The van der Waals surface area contributed by atoms with Gasteiger partial charge in [-0.3, -0.25) is 4.79 Å². The minimum absolute atomic E-state index is 0.0489. The number of hydrogen-bond acceptors (Lipinski definition) is 4. The number of aliphatic hydroxyl groups excluding tert-OH is 2. The number of aliphatic hydroxyl groups is 3. The molecule has 130 valence electrons. The molecule has 2 aliphatic rings. The molecule has 0 aliphatic heterocycles. The zero-order valence-electron chi connectivity index (χ0n) is 14.5. The van der Waals surface area contributed by atoms with Gasteiger partial charge in [-0.15, -0.1) is 0 Å². The van der Waals surface area contributed by atoms with E-state index in [2.05, 4.69) is 6.58 Å². The highest BCUT2D eigenvalue weighted by Gasteiger charge is 2.59. The van der Waals surface area contributed by atoms with Crippen LogP contribution >= 0.6 is 0 Å². The average Bonchev–Trinajstić information content (AvgIpc) is 2.42. The van der Waals surface area contributed by atoms with Crippen molar-refractivity contribution in [3.63, 3.8) is 0 Å². The van der Waals surface area contributed by atoms with Crippen molar-refractivity contribution in [2.24, 2.45) is 11.3 Å². The molecule has 0 aromatic carbocycles. The number of fused-ring (bicyclic) bond motifs is 2. The molecular formula is C19H30O4. The topological polar surface area (TPSA) is 77.8 Å². The first-order chi connectivity index (χ1) is 10.6. The molecule has 2 rings (SSSR count). The molecular weight excluding hydrogens is 292 g/mol. The Morgan fingerprint density at radius 2 is 1.87 bits per heavy atom. The van der Waals surface area contributed by atoms with Crippen molar-refractivity contribution in [1.82, 2.24) is 0 Å². The van der Waals surface area contributed by atoms with Crippen molar-refractivity contribution in [2.45, 2.75) is 77.1 Å². The Balaban J connectivity index is 2.44. The van der Waals surface area contributed by atoms with Crippen molar-refractivity contribution >= 4 is 5.78 Å². The second-order valence-electron chi connectivity index (χ2n) is 7.95. The first-order valence-corrected chi connectivity index (χ1v) is 8.54. The van der Waals surface area contributed by atoms with Gasteiger partial charge in [0.2, 0.25) is 0 Å². The standard InChI is InChI=1S/C19H30O4/c1-12-5-6-14-7-8-16(21)19(23,18(14,3)4)17(22)11-13(2)10-15(20)9-12/h10,14-16,20-21,23H,1,5-9,11H2,2-4H3/b13-10+/t14-,15+,16+,19+/m1/s1. The fourth-order valence-electron chi connectivity index (χ4n) is 4.33. The number of Topliss-reactive ketones (excluding diaryl/α,β-unsaturated/α-hetero) is 1. The lowest BCUT2D eigenvalue weighted by Gasteiger charge is -2.53. The number of carbonyl (C=O) groups is 1. The van der Waals surface area contributed by atoms with Gasteiger partial charge in [0.1, 0.15) is 0 Å². The van der Waals surface area contributed by atoms with Gasteiger partial charge in [0, 0.05) is 11.8 Å². The van der Waals surface area contributed by atoms with Gasteiger partial charge in [-0.2, -0.15) is 0 Å². The molecule has 0 spiro atoms. The zero-order chi connectivity index (χ0) is 17.4. The molecule has 2 aliphatic carbocycles. The summed E-state index contributed by atoms with van der Waals surface area (Å²) in [5.41, 5.74) is -0.732. The number of hydrogen-bond donors (Lipinski definition) is 3. The molecule has 0 saturated heterocycles. The molecule has 0 radical (unpaired) electrons. The first-order valence-electron chi connectivity index (χ1n) is 8.54. The van der Waals surface area contributed by atoms with Gasteiger partial charge >= 0.3 is 0 Å². The number of rotatable bonds is 0. The predicted molar refractivity (Wildman–Crippen MR) is 89.8 cm³/mol. The normalized spacial score (nSPS) is 41.5. The summed E-state index contributed by atoms with van der Waals surface area (Å²) in [5, 5.41) is 31.7. The van der Waals surface area contributed by atoms with E-state index in [0.717, 1.165) is 30.4 Å². The van der Waals surface area contributed by atoms with E-state index in [1.807, 2.05) is 13.8 Å². The summed E-state index contributed by atoms with van der Waals surface area (Å²) < 4.78 is 0. The van der Waals surface area contributed by atoms with Crippen molar-refractivity contribution in [3.8, 4) is 0 Å². The molecule has 0 amide bonds. The van der Waals surface area contributed by atoms with Gasteiger partial charge in [-0.1, -0.05) is 37.6 Å². The third kappa shape index (κ3) is 3.30. The number of ketones is 1. The van der Waals surface area contributed by atoms with Crippen LogP contribution in [-0.4, -0.2) is 38.9 Å². The van der Waals surface area contributed by atoms with E-state index < -0.39 is 23.2 Å². The number of allylic oxidation sites excluding steroid dienone is 1. The molecule has 0 heterocycles. The summed E-state index contributed by atoms with van der Waals surface area (Å²) in [5.74, 6) is -0.211. The van der Waals surface area contributed by atoms with Crippen LogP contribution in [0.25, 0.3) is 0 Å². The van der Waals surface area contributed by atoms with Crippen LogP contribution in [0.5, 0.6) is 0 Å². The maximum Gasteiger partial charge on any atom is 0.171 e. The van der Waals surface area contributed by atoms with Gasteiger partial charge in [-0.05, 0) is 44.9 Å². The van der Waals surface area contributed by atoms with E-state index in [1.54, 1.807) is 13.0 Å². The lowest BCUT2D eigenvalue weighted by Crippen LogP contribution is -2.64. The molecule has 1 fully saturated rings. The monoisotopic (exact) mass is 322 g/mol. The summed E-state index contributed by atoms with van der Waals surface area (Å²) in [4.78, 5) is 12.8. The smallest absolute Gasteiger partial charge is 0.171 e. The summed E-state index contributed by atoms with van der Waals surface area (Å²) in [6, 6.07) is 0. The van der Waals surface area contributed by atoms with E-state index in [4.69, 9.17) is 0 Å². The summed E-state index contributed by atoms with van der Waals surface area (Å²) in [6.45, 7) is 9.61. The fraction of sp³-hybridized carbons (Fsp3) is 0.737. The number of carbonyl (C=O) groups excluding carboxylic acids is 1. The van der Waals surface area contributed by atoms with Crippen molar-refractivity contribution in [2.75, 3.05) is 0 Å². The largest absolute Gasteiger partial charge is 0.390 e. The van der Waals surface area contributed by atoms with Crippen LogP contribution in [0.4, 0.5) is 0 Å². The van der Waals surface area contributed by atoms with E-state index in [9.17, 15) is 20.1 Å². The van der Waals surface area contributed by atoms with Crippen LogP contribution in [-0.2, 0) is 4.79 Å². The van der Waals surface area contributed by atoms with E-state index in [-0.39, 0.29) is 18.1 Å². The van der Waals surface area contributed by atoms with Crippen LogP contribution in [0.1, 0.15) is 59.3 Å². The molecule has 0 aromatic rings. The van der Waals surface area contributed by atoms with E-state index in [1.165, 1.54) is 0 Å². The van der Waals surface area contributed by atoms with Crippen LogP contribution in [0.15, 0.2) is 23.8 Å². The zero-order valence-corrected chi connectivity index (χ0v) is 14.5. The maximum atomic E-state index is 12.8. The highest BCUT2D eigenvalue weighted by atomic mass is 16.4. The Morgan fingerprint density at radius 3 is 2.52 bits per heavy atom. The SMILES string of the molecule is C=C1CC[C@@H]2CC[C@H](O)[C@](O)(C(=O)C/C(C)=C/[C@@H](O)C1)C2(C)C. The van der Waals surface area contributed by atoms with Gasteiger partial charge in [-0.25, -0.2) is 0 Å². The highest BCUT2D eigenvalue weighted by Crippen LogP contribution is 2.51. The molecule has 0 unspecified atom stereocenters. The van der Waals surface area contributed by atoms with Crippen LogP contribution in [0.3, 0.4) is 0 Å². The Morgan fingerprint density at radius 1 is 1.22 bits per heavy atom. The second-order valence-corrected chi connectivity index (χ2v) is 7.95. The van der Waals surface area contributed by atoms with E-state index in [0.29, 0.717) is 12.8 Å². The third-order valence-corrected chi connectivity index (χ3v) is 5.96. The van der Waals surface area contributed by atoms with Crippen molar-refractivity contribution < 1.29 is 20.1 Å². The van der Waals surface area contributed by atoms with Gasteiger partial charge in [0.15, 0.2) is 11.4 Å². The van der Waals surface area contributed by atoms with E-state index >= 15 is 0 Å². The molecule has 4 atom stereocenters. The Hall–Kier alpha value is -0.970. The maximum absolute atomic E-state index is 12.8. The summed E-state index contributed by atoms with van der Waals surface area (Å²) >= 11 is 0. The molecule has 23 heavy (non-hydrogen) atoms. The predicted octanol–water partition coefficient (Wildman–Crippen LogP) is 2.52. The van der Waals surface area contributed by atoms with Crippen LogP contribution in [0.2, 0.25) is 0 Å². The average molecular weight is 322 g/mol. The van der Waals surface area contributed by atoms with Crippen molar-refractivity contribution in [3.05, 3.63) is 23.8 Å². The van der Waals surface area contributed by atoms with Gasteiger partial charge in [0.05, 0.1) is 12.2 Å². The molecule has 2 bridgehead atoms. The van der Waals surface area contributed by atoms with Crippen LogP contribution in [0, 0.1) is 11.3 Å². The molecule has 1 saturated carbocycles. The molecule has 4 nitrogen and oxygen atoms in total. The lowest BCUT2D eigenvalue weighted by molar-refractivity contribution is -0.198. The molecule has 0 aromatic heterocycles. The third-order valence-electron chi connectivity index (χ3n) is 5.96. The summed E-state index contributed by atoms with van der Waals surface area (Å²) in [7, 11) is 0. The fourth-order valence-corrected chi connectivity index (χ4v) is 4.33. The minimum atomic E-state index is -1.74. The van der Waals surface area contributed by atoms with Crippen molar-refractivity contribution in [1.29, 1.82) is 0 Å².